The highest BCUT2D eigenvalue weighted by Crippen LogP contribution is 2.44. The van der Waals surface area contributed by atoms with E-state index in [0.717, 1.165) is 5.56 Å². The first-order chi connectivity index (χ1) is 6.83. The van der Waals surface area contributed by atoms with Crippen LogP contribution in [-0.2, 0) is 15.1 Å². The highest BCUT2D eigenvalue weighted by Gasteiger charge is 2.51. The zero-order chi connectivity index (χ0) is 10.0. The summed E-state index contributed by atoms with van der Waals surface area (Å²) >= 11 is 0. The Labute approximate surface area is 83.5 Å². The Balaban J connectivity index is 2.39. The minimum Gasteiger partial charge on any atom is -0.490 e. The number of hydrogen-bond donors (Lipinski definition) is 0. The Hall–Kier alpha value is -1.50. The molecule has 1 aromatic carbocycles. The van der Waals surface area contributed by atoms with Crippen molar-refractivity contribution in [3.8, 4) is 0 Å². The molecule has 72 valence electrons. The molecule has 1 atom stereocenters. The van der Waals surface area contributed by atoms with Crippen molar-refractivity contribution in [3.05, 3.63) is 54.0 Å². The molecule has 1 aliphatic heterocycles. The molecule has 1 unspecified atom stereocenters. The lowest BCUT2D eigenvalue weighted by Crippen LogP contribution is -2.13. The van der Waals surface area contributed by atoms with Crippen LogP contribution < -0.4 is 0 Å². The van der Waals surface area contributed by atoms with Crippen LogP contribution in [0, 0.1) is 0 Å². The smallest absolute Gasteiger partial charge is 0.181 e. The fourth-order valence-corrected chi connectivity index (χ4v) is 1.59. The molecule has 14 heavy (non-hydrogen) atoms. The predicted molar refractivity (Wildman–Crippen MR) is 53.7 cm³/mol. The van der Waals surface area contributed by atoms with Crippen LogP contribution in [0.1, 0.15) is 5.56 Å². The van der Waals surface area contributed by atoms with Gasteiger partial charge in [-0.05, 0) is 5.56 Å². The number of rotatable bonds is 3. The topological polar surface area (TPSA) is 21.8 Å². The number of benzene rings is 1. The number of hydrogen-bond acceptors (Lipinski definition) is 2. The molecule has 0 radical (unpaired) electrons. The molecule has 1 heterocycles. The van der Waals surface area contributed by atoms with Gasteiger partial charge in [-0.3, -0.25) is 0 Å². The van der Waals surface area contributed by atoms with Gasteiger partial charge in [0.15, 0.2) is 11.4 Å². The Morgan fingerprint density at radius 2 is 2.14 bits per heavy atom. The molecule has 0 aromatic heterocycles. The first-order valence-corrected chi connectivity index (χ1v) is 4.47. The monoisotopic (exact) mass is 188 g/mol. The van der Waals surface area contributed by atoms with Gasteiger partial charge in [-0.1, -0.05) is 42.6 Å². The van der Waals surface area contributed by atoms with Gasteiger partial charge in [0.05, 0.1) is 13.7 Å². The van der Waals surface area contributed by atoms with E-state index < -0.39 is 5.60 Å². The van der Waals surface area contributed by atoms with Crippen molar-refractivity contribution in [2.24, 2.45) is 0 Å². The summed E-state index contributed by atoms with van der Waals surface area (Å²) in [7, 11) is 1.61. The van der Waals surface area contributed by atoms with Gasteiger partial charge in [0, 0.05) is 0 Å². The van der Waals surface area contributed by atoms with E-state index in [0.29, 0.717) is 12.4 Å². The second-order valence-corrected chi connectivity index (χ2v) is 3.19. The first kappa shape index (κ1) is 9.07. The lowest BCUT2D eigenvalue weighted by Gasteiger charge is -2.12. The van der Waals surface area contributed by atoms with E-state index in [2.05, 4.69) is 12.3 Å². The average Bonchev–Trinajstić information content (AvgIpc) is 3.03. The van der Waals surface area contributed by atoms with Gasteiger partial charge >= 0.3 is 0 Å². The minimum atomic E-state index is -0.419. The van der Waals surface area contributed by atoms with Crippen LogP contribution >= 0.6 is 0 Å². The molecule has 0 saturated carbocycles. The van der Waals surface area contributed by atoms with Crippen molar-refractivity contribution in [1.82, 2.24) is 0 Å². The third-order valence-corrected chi connectivity index (χ3v) is 2.40. The van der Waals surface area contributed by atoms with E-state index >= 15 is 0 Å². The average molecular weight is 188 g/mol. The van der Waals surface area contributed by atoms with Crippen LogP contribution in [0.3, 0.4) is 0 Å². The largest absolute Gasteiger partial charge is 0.490 e. The summed E-state index contributed by atoms with van der Waals surface area (Å²) in [5, 5.41) is 0. The van der Waals surface area contributed by atoms with Crippen molar-refractivity contribution >= 4 is 0 Å². The summed E-state index contributed by atoms with van der Waals surface area (Å²) in [6.07, 6.45) is 0. The van der Waals surface area contributed by atoms with E-state index in [9.17, 15) is 0 Å². The second kappa shape index (κ2) is 3.33. The fraction of sp³-hybridized carbons (Fsp3) is 0.250. The van der Waals surface area contributed by atoms with E-state index in [1.54, 1.807) is 7.11 Å². The first-order valence-electron chi connectivity index (χ1n) is 4.47. The number of epoxide rings is 1. The Morgan fingerprint density at radius 3 is 2.57 bits per heavy atom. The predicted octanol–water partition coefficient (Wildman–Crippen LogP) is 2.23. The van der Waals surface area contributed by atoms with Crippen molar-refractivity contribution < 1.29 is 9.47 Å². The fourth-order valence-electron chi connectivity index (χ4n) is 1.59. The molecule has 0 aliphatic carbocycles. The zero-order valence-electron chi connectivity index (χ0n) is 8.12. The molecule has 0 bridgehead atoms. The molecule has 1 aliphatic rings. The third kappa shape index (κ3) is 1.25. The number of ether oxygens (including phenoxy) is 2. The highest BCUT2D eigenvalue weighted by molar-refractivity contribution is 5.35. The molecule has 0 spiro atoms. The van der Waals surface area contributed by atoms with Crippen molar-refractivity contribution in [1.29, 1.82) is 0 Å². The van der Waals surface area contributed by atoms with E-state index in [-0.39, 0.29) is 0 Å². The van der Waals surface area contributed by atoms with Crippen LogP contribution in [0.15, 0.2) is 48.4 Å². The Morgan fingerprint density at radius 1 is 1.50 bits per heavy atom. The second-order valence-electron chi connectivity index (χ2n) is 3.19. The molecule has 1 fully saturated rings. The van der Waals surface area contributed by atoms with Gasteiger partial charge in [-0.15, -0.1) is 0 Å². The summed E-state index contributed by atoms with van der Waals surface area (Å²) in [5.74, 6) is 0.656. The molecule has 2 rings (SSSR count). The summed E-state index contributed by atoms with van der Waals surface area (Å²) in [6, 6.07) is 9.97. The van der Waals surface area contributed by atoms with Gasteiger partial charge in [-0.2, -0.15) is 0 Å². The zero-order valence-corrected chi connectivity index (χ0v) is 8.12. The van der Waals surface area contributed by atoms with E-state index in [1.807, 2.05) is 30.3 Å². The summed E-state index contributed by atoms with van der Waals surface area (Å²) in [6.45, 7) is 4.24. The Bertz CT molecular complexity index is 371. The molecule has 2 nitrogen and oxygen atoms in total. The lowest BCUT2D eigenvalue weighted by molar-refractivity contribution is 0.200. The minimum absolute atomic E-state index is 0.419. The SMILES string of the molecule is C=C=C(OC)C1(c2ccccc2)CO1. The van der Waals surface area contributed by atoms with Crippen LogP contribution in [0.2, 0.25) is 0 Å². The molecular weight excluding hydrogens is 176 g/mol. The third-order valence-electron chi connectivity index (χ3n) is 2.40. The highest BCUT2D eigenvalue weighted by atomic mass is 16.6. The van der Waals surface area contributed by atoms with Crippen molar-refractivity contribution in [2.75, 3.05) is 13.7 Å². The molecule has 2 heteroatoms. The normalized spacial score (nSPS) is 23.8. The van der Waals surface area contributed by atoms with Crippen LogP contribution in [-0.4, -0.2) is 13.7 Å². The van der Waals surface area contributed by atoms with Crippen molar-refractivity contribution in [3.63, 3.8) is 0 Å². The van der Waals surface area contributed by atoms with Crippen LogP contribution in [0.5, 0.6) is 0 Å². The summed E-state index contributed by atoms with van der Waals surface area (Å²) < 4.78 is 10.7. The van der Waals surface area contributed by atoms with Crippen LogP contribution in [0.25, 0.3) is 0 Å². The summed E-state index contributed by atoms with van der Waals surface area (Å²) in [5.41, 5.74) is 3.44. The molecule has 1 saturated heterocycles. The van der Waals surface area contributed by atoms with Crippen molar-refractivity contribution in [2.45, 2.75) is 5.60 Å². The quantitative estimate of drug-likeness (QED) is 0.412. The van der Waals surface area contributed by atoms with Crippen LogP contribution in [0.4, 0.5) is 0 Å². The van der Waals surface area contributed by atoms with Gasteiger partial charge in [-0.25, -0.2) is 0 Å². The molecular formula is C12H12O2. The van der Waals surface area contributed by atoms with Gasteiger partial charge in [0.2, 0.25) is 0 Å². The van der Waals surface area contributed by atoms with Gasteiger partial charge in [0.1, 0.15) is 0 Å². The maximum Gasteiger partial charge on any atom is 0.181 e. The van der Waals surface area contributed by atoms with E-state index in [4.69, 9.17) is 9.47 Å². The number of methoxy groups -OCH3 is 1. The molecule has 1 aromatic rings. The summed E-state index contributed by atoms with van der Waals surface area (Å²) in [4.78, 5) is 0. The van der Waals surface area contributed by atoms with Gasteiger partial charge in [0.25, 0.3) is 0 Å². The standard InChI is InChI=1S/C12H12O2/c1-3-11(13-2)12(9-14-12)10-7-5-4-6-8-10/h4-8H,1,9H2,2H3. The molecule has 0 amide bonds. The lowest BCUT2D eigenvalue weighted by atomic mass is 9.98. The maximum absolute atomic E-state index is 5.46. The maximum atomic E-state index is 5.46. The van der Waals surface area contributed by atoms with Gasteiger partial charge < -0.3 is 9.47 Å². The molecule has 0 N–H and O–H groups in total. The van der Waals surface area contributed by atoms with E-state index in [1.165, 1.54) is 0 Å². The Kier molecular flexibility index (Phi) is 2.16.